The number of carbonyl (C=O) groups excluding carboxylic acids is 2. The van der Waals surface area contributed by atoms with Crippen LogP contribution in [0.2, 0.25) is 0 Å². The number of hydrogen-bond acceptors (Lipinski definition) is 3. The third-order valence-corrected chi connectivity index (χ3v) is 3.77. The van der Waals surface area contributed by atoms with E-state index in [2.05, 4.69) is 37.2 Å². The van der Waals surface area contributed by atoms with Crippen LogP contribution in [0, 0.1) is 0 Å². The third kappa shape index (κ3) is 7.99. The van der Waals surface area contributed by atoms with Crippen LogP contribution in [0.4, 0.5) is 4.79 Å². The van der Waals surface area contributed by atoms with Crippen LogP contribution in [-0.2, 0) is 11.3 Å². The molecule has 0 aliphatic carbocycles. The molecule has 1 aromatic carbocycles. The molecule has 0 aromatic heterocycles. The van der Waals surface area contributed by atoms with Gasteiger partial charge in [0.15, 0.2) is 0 Å². The Balaban J connectivity index is 2.43. The van der Waals surface area contributed by atoms with E-state index in [1.165, 1.54) is 0 Å². The molecule has 0 heterocycles. The molecule has 0 radical (unpaired) electrons. The predicted octanol–water partition coefficient (Wildman–Crippen LogP) is 1.75. The predicted molar refractivity (Wildman–Crippen MR) is 95.1 cm³/mol. The summed E-state index contributed by atoms with van der Waals surface area (Å²) in [6.07, 6.45) is 1.42. The first kappa shape index (κ1) is 19.4. The minimum Gasteiger partial charge on any atom is -0.353 e. The molecular weight excluding hydrogens is 360 g/mol. The molecule has 7 heteroatoms. The minimum absolute atomic E-state index is 0.152. The summed E-state index contributed by atoms with van der Waals surface area (Å²) in [5.41, 5.74) is 0.994. The molecule has 3 amide bonds. The lowest BCUT2D eigenvalue weighted by Gasteiger charge is -2.18. The van der Waals surface area contributed by atoms with Crippen molar-refractivity contribution in [3.63, 3.8) is 0 Å². The van der Waals surface area contributed by atoms with E-state index in [-0.39, 0.29) is 11.9 Å². The van der Waals surface area contributed by atoms with Crippen LogP contribution in [0.3, 0.4) is 0 Å². The minimum atomic E-state index is -0.512. The fraction of sp³-hybridized carbons (Fsp3) is 0.500. The van der Waals surface area contributed by atoms with Gasteiger partial charge in [-0.05, 0) is 31.2 Å². The van der Waals surface area contributed by atoms with E-state index in [1.54, 1.807) is 0 Å². The second kappa shape index (κ2) is 11.0. The number of benzene rings is 1. The Morgan fingerprint density at radius 2 is 1.83 bits per heavy atom. The number of halogens is 1. The molecule has 0 aliphatic heterocycles. The van der Waals surface area contributed by atoms with E-state index in [0.717, 1.165) is 16.5 Å². The van der Waals surface area contributed by atoms with Gasteiger partial charge in [-0.25, -0.2) is 4.79 Å². The Hall–Kier alpha value is -1.60. The zero-order valence-electron chi connectivity index (χ0n) is 13.6. The van der Waals surface area contributed by atoms with Gasteiger partial charge in [-0.2, -0.15) is 0 Å². The monoisotopic (exact) mass is 384 g/mol. The fourth-order valence-electron chi connectivity index (χ4n) is 1.99. The molecule has 4 N–H and O–H groups in total. The van der Waals surface area contributed by atoms with Gasteiger partial charge in [0.25, 0.3) is 0 Å². The molecule has 0 fully saturated rings. The lowest BCUT2D eigenvalue weighted by atomic mass is 10.1. The van der Waals surface area contributed by atoms with Crippen molar-refractivity contribution >= 4 is 27.9 Å². The topological polar surface area (TPSA) is 82.3 Å². The molecule has 0 aliphatic rings. The van der Waals surface area contributed by atoms with E-state index in [0.29, 0.717) is 26.1 Å². The maximum atomic E-state index is 12.1. The lowest BCUT2D eigenvalue weighted by Crippen LogP contribution is -2.50. The molecule has 1 unspecified atom stereocenters. The first-order valence-corrected chi connectivity index (χ1v) is 8.57. The van der Waals surface area contributed by atoms with Crippen LogP contribution in [0.5, 0.6) is 0 Å². The summed E-state index contributed by atoms with van der Waals surface area (Å²) in [4.78, 5) is 24.0. The van der Waals surface area contributed by atoms with Crippen molar-refractivity contribution in [3.8, 4) is 0 Å². The van der Waals surface area contributed by atoms with Crippen molar-refractivity contribution in [1.82, 2.24) is 21.3 Å². The maximum Gasteiger partial charge on any atom is 0.315 e. The lowest BCUT2D eigenvalue weighted by molar-refractivity contribution is -0.123. The van der Waals surface area contributed by atoms with Gasteiger partial charge in [-0.15, -0.1) is 0 Å². The standard InChI is InChI=1S/C16H25BrN4O2/c1-3-4-14(15(22)19-10-9-18-2)21-16(23)20-11-12-5-7-13(17)8-6-12/h5-8,14,18H,3-4,9-11H2,1-2H3,(H,19,22)(H2,20,21,23). The molecule has 0 spiro atoms. The second-order valence-electron chi connectivity index (χ2n) is 5.19. The third-order valence-electron chi connectivity index (χ3n) is 3.24. The Bertz CT molecular complexity index is 493. The van der Waals surface area contributed by atoms with Crippen molar-refractivity contribution in [2.24, 2.45) is 0 Å². The van der Waals surface area contributed by atoms with Gasteiger partial charge in [0.1, 0.15) is 6.04 Å². The average molecular weight is 385 g/mol. The van der Waals surface area contributed by atoms with Gasteiger partial charge in [-0.1, -0.05) is 41.4 Å². The highest BCUT2D eigenvalue weighted by molar-refractivity contribution is 9.10. The number of amides is 3. The summed E-state index contributed by atoms with van der Waals surface area (Å²) < 4.78 is 0.993. The van der Waals surface area contributed by atoms with Crippen molar-refractivity contribution in [1.29, 1.82) is 0 Å². The molecule has 6 nitrogen and oxygen atoms in total. The van der Waals surface area contributed by atoms with E-state index < -0.39 is 6.04 Å². The van der Waals surface area contributed by atoms with E-state index in [4.69, 9.17) is 0 Å². The number of hydrogen-bond donors (Lipinski definition) is 4. The van der Waals surface area contributed by atoms with Gasteiger partial charge in [0.2, 0.25) is 5.91 Å². The normalized spacial score (nSPS) is 11.6. The summed E-state index contributed by atoms with van der Waals surface area (Å²) in [5, 5.41) is 11.3. The average Bonchev–Trinajstić information content (AvgIpc) is 2.54. The van der Waals surface area contributed by atoms with Crippen LogP contribution >= 0.6 is 15.9 Å². The molecule has 1 aromatic rings. The zero-order valence-corrected chi connectivity index (χ0v) is 15.2. The Labute approximate surface area is 145 Å². The second-order valence-corrected chi connectivity index (χ2v) is 6.10. The van der Waals surface area contributed by atoms with Crippen LogP contribution in [-0.4, -0.2) is 38.1 Å². The summed E-state index contributed by atoms with van der Waals surface area (Å²) in [6.45, 7) is 3.63. The van der Waals surface area contributed by atoms with Crippen LogP contribution < -0.4 is 21.3 Å². The van der Waals surface area contributed by atoms with Gasteiger partial charge in [0, 0.05) is 24.1 Å². The number of urea groups is 1. The first-order chi connectivity index (χ1) is 11.1. The zero-order chi connectivity index (χ0) is 17.1. The maximum absolute atomic E-state index is 12.1. The quantitative estimate of drug-likeness (QED) is 0.489. The molecule has 1 rings (SSSR count). The number of likely N-dealkylation sites (N-methyl/N-ethyl adjacent to an activating group) is 1. The molecule has 1 atom stereocenters. The molecule has 0 saturated heterocycles. The Morgan fingerprint density at radius 1 is 1.13 bits per heavy atom. The van der Waals surface area contributed by atoms with Gasteiger partial charge < -0.3 is 21.3 Å². The van der Waals surface area contributed by atoms with Crippen molar-refractivity contribution < 1.29 is 9.59 Å². The van der Waals surface area contributed by atoms with Crippen LogP contribution in [0.25, 0.3) is 0 Å². The molecule has 128 valence electrons. The van der Waals surface area contributed by atoms with Gasteiger partial charge in [0.05, 0.1) is 0 Å². The fourth-order valence-corrected chi connectivity index (χ4v) is 2.25. The summed E-state index contributed by atoms with van der Waals surface area (Å²) >= 11 is 3.37. The van der Waals surface area contributed by atoms with Crippen LogP contribution in [0.1, 0.15) is 25.3 Å². The van der Waals surface area contributed by atoms with E-state index in [1.807, 2.05) is 38.2 Å². The van der Waals surface area contributed by atoms with Crippen molar-refractivity contribution in [3.05, 3.63) is 34.3 Å². The summed E-state index contributed by atoms with van der Waals surface area (Å²) in [7, 11) is 1.82. The highest BCUT2D eigenvalue weighted by Crippen LogP contribution is 2.10. The highest BCUT2D eigenvalue weighted by Gasteiger charge is 2.19. The molecule has 23 heavy (non-hydrogen) atoms. The summed E-state index contributed by atoms with van der Waals surface area (Å²) in [5.74, 6) is -0.152. The van der Waals surface area contributed by atoms with Crippen molar-refractivity contribution in [2.75, 3.05) is 20.1 Å². The largest absolute Gasteiger partial charge is 0.353 e. The molecule has 0 saturated carbocycles. The van der Waals surface area contributed by atoms with E-state index >= 15 is 0 Å². The Morgan fingerprint density at radius 3 is 2.43 bits per heavy atom. The number of carbonyl (C=O) groups is 2. The Kier molecular flexibility index (Phi) is 9.31. The van der Waals surface area contributed by atoms with Gasteiger partial charge >= 0.3 is 6.03 Å². The summed E-state index contributed by atoms with van der Waals surface area (Å²) in [6, 6.07) is 6.85. The number of rotatable bonds is 9. The molecular formula is C16H25BrN4O2. The highest BCUT2D eigenvalue weighted by atomic mass is 79.9. The van der Waals surface area contributed by atoms with Gasteiger partial charge in [-0.3, -0.25) is 4.79 Å². The SMILES string of the molecule is CCCC(NC(=O)NCc1ccc(Br)cc1)C(=O)NCCNC. The number of nitrogens with one attached hydrogen (secondary N) is 4. The van der Waals surface area contributed by atoms with Crippen molar-refractivity contribution in [2.45, 2.75) is 32.4 Å². The molecule has 0 bridgehead atoms. The first-order valence-electron chi connectivity index (χ1n) is 7.78. The smallest absolute Gasteiger partial charge is 0.315 e. The van der Waals surface area contributed by atoms with Crippen LogP contribution in [0.15, 0.2) is 28.7 Å². The van der Waals surface area contributed by atoms with E-state index in [9.17, 15) is 9.59 Å².